The summed E-state index contributed by atoms with van der Waals surface area (Å²) in [6, 6.07) is 16.0. The number of carbonyl (C=O) groups is 3. The zero-order valence-electron chi connectivity index (χ0n) is 31.2. The molecule has 2 fully saturated rings. The Kier molecular flexibility index (Phi) is 9.89. The summed E-state index contributed by atoms with van der Waals surface area (Å²) in [5.74, 6) is 0.302. The fourth-order valence-electron chi connectivity index (χ4n) is 7.33. The van der Waals surface area contributed by atoms with Crippen molar-refractivity contribution in [1.29, 1.82) is 0 Å². The monoisotopic (exact) mass is 771 g/mol. The topological polar surface area (TPSA) is 190 Å². The molecular formula is C40H38FN11O5. The Hall–Kier alpha value is -7.01. The number of amides is 3. The van der Waals surface area contributed by atoms with Crippen LogP contribution in [0.3, 0.4) is 0 Å². The molecule has 2 aliphatic heterocycles. The minimum absolute atomic E-state index is 0.193. The summed E-state index contributed by atoms with van der Waals surface area (Å²) in [6.07, 6.45) is 5.95. The number of nitrogens with one attached hydrogen (secondary N) is 4. The van der Waals surface area contributed by atoms with Crippen molar-refractivity contribution in [2.45, 2.75) is 31.3 Å². The van der Waals surface area contributed by atoms with Crippen LogP contribution in [0, 0.1) is 5.82 Å². The highest BCUT2D eigenvalue weighted by Crippen LogP contribution is 2.38. The summed E-state index contributed by atoms with van der Waals surface area (Å²) in [7, 11) is 4.73. The van der Waals surface area contributed by atoms with E-state index in [9.17, 15) is 23.6 Å². The van der Waals surface area contributed by atoms with E-state index in [2.05, 4.69) is 46.1 Å². The number of carbonyl (C=O) groups excluding carboxylic acids is 3. The van der Waals surface area contributed by atoms with E-state index in [4.69, 9.17) is 4.74 Å². The van der Waals surface area contributed by atoms with Crippen molar-refractivity contribution in [1.82, 2.24) is 44.6 Å². The van der Waals surface area contributed by atoms with E-state index in [0.717, 1.165) is 42.1 Å². The maximum Gasteiger partial charge on any atom is 0.329 e. The quantitative estimate of drug-likeness (QED) is 0.138. The van der Waals surface area contributed by atoms with E-state index in [0.29, 0.717) is 57.9 Å². The van der Waals surface area contributed by atoms with Gasteiger partial charge in [-0.1, -0.05) is 18.2 Å². The first-order valence-electron chi connectivity index (χ1n) is 18.2. The highest BCUT2D eigenvalue weighted by atomic mass is 19.1. The van der Waals surface area contributed by atoms with Gasteiger partial charge in [-0.3, -0.25) is 33.7 Å². The number of halogens is 1. The molecule has 4 aromatic heterocycles. The van der Waals surface area contributed by atoms with Gasteiger partial charge < -0.3 is 20.7 Å². The largest absolute Gasteiger partial charge is 0.494 e. The molecule has 6 heterocycles. The second-order valence-corrected chi connectivity index (χ2v) is 13.9. The van der Waals surface area contributed by atoms with Crippen molar-refractivity contribution in [2.24, 2.45) is 7.05 Å². The predicted molar refractivity (Wildman–Crippen MR) is 209 cm³/mol. The molecule has 290 valence electrons. The van der Waals surface area contributed by atoms with Crippen LogP contribution in [0.15, 0.2) is 84.2 Å². The van der Waals surface area contributed by atoms with Gasteiger partial charge in [0.25, 0.3) is 5.91 Å². The number of imide groups is 1. The molecule has 8 rings (SSSR count). The zero-order valence-corrected chi connectivity index (χ0v) is 31.2. The van der Waals surface area contributed by atoms with E-state index in [1.54, 1.807) is 35.9 Å². The number of aromatic nitrogens is 6. The van der Waals surface area contributed by atoms with Gasteiger partial charge in [0, 0.05) is 64.5 Å². The highest BCUT2D eigenvalue weighted by Gasteiger charge is 2.32. The molecule has 57 heavy (non-hydrogen) atoms. The van der Waals surface area contributed by atoms with Crippen LogP contribution in [0.5, 0.6) is 5.75 Å². The molecular weight excluding hydrogens is 734 g/mol. The first kappa shape index (κ1) is 36.9. The number of rotatable bonds is 11. The van der Waals surface area contributed by atoms with E-state index >= 15 is 0 Å². The first-order chi connectivity index (χ1) is 27.6. The van der Waals surface area contributed by atoms with Crippen LogP contribution < -0.4 is 31.7 Å². The number of piperidine rings is 1. The summed E-state index contributed by atoms with van der Waals surface area (Å²) in [4.78, 5) is 69.8. The maximum atomic E-state index is 13.5. The standard InChI is InChI=1S/C40H38FN11O5/c1-42-38(54)27-18-44-34(14-29(27)47-28-6-4-5-26(36(28)57-3)37-45-16-25(41)17-46-37)48-33-11-8-23(15-43-33)24-20-51(21-24)19-22-7-9-30-32(13-22)50(2)40(56)52(30)31-10-12-35(53)49-39(31)55/h4-9,11,13-18,24,31H,10,12,19-21H2,1-3H3,(H,42,54)(H,49,53,55)(H2,43,44,47,48). The second-order valence-electron chi connectivity index (χ2n) is 13.9. The number of likely N-dealkylation sites (tertiary alicyclic amines) is 1. The molecule has 4 N–H and O–H groups in total. The third-order valence-electron chi connectivity index (χ3n) is 10.3. The average Bonchev–Trinajstić information content (AvgIpc) is 3.44. The molecule has 2 saturated heterocycles. The van der Waals surface area contributed by atoms with Gasteiger partial charge in [0.1, 0.15) is 17.7 Å². The lowest BCUT2D eigenvalue weighted by atomic mass is 9.92. The highest BCUT2D eigenvalue weighted by molar-refractivity contribution is 6.01. The molecule has 3 amide bonds. The van der Waals surface area contributed by atoms with Gasteiger partial charge in [-0.25, -0.2) is 29.1 Å². The molecule has 1 atom stereocenters. The van der Waals surface area contributed by atoms with Crippen molar-refractivity contribution >= 4 is 51.8 Å². The van der Waals surface area contributed by atoms with Crippen LogP contribution in [0.4, 0.5) is 27.4 Å². The molecule has 2 aliphatic rings. The van der Waals surface area contributed by atoms with Crippen LogP contribution in [0.25, 0.3) is 22.4 Å². The Morgan fingerprint density at radius 3 is 2.42 bits per heavy atom. The van der Waals surface area contributed by atoms with E-state index in [-0.39, 0.29) is 36.2 Å². The lowest BCUT2D eigenvalue weighted by molar-refractivity contribution is -0.135. The Morgan fingerprint density at radius 1 is 0.912 bits per heavy atom. The maximum absolute atomic E-state index is 13.5. The third kappa shape index (κ3) is 7.27. The SMILES string of the molecule is CNC(=O)c1cnc(Nc2ccc(C3CN(Cc4ccc5c(c4)n(C)c(=O)n5C4CCC(=O)NC4=O)C3)cn2)cc1Nc1cccc(-c2ncc(F)cn2)c1OC. The molecule has 2 aromatic carbocycles. The molecule has 0 spiro atoms. The number of para-hydroxylation sites is 1. The molecule has 1 unspecified atom stereocenters. The minimum Gasteiger partial charge on any atom is -0.494 e. The Balaban J connectivity index is 0.929. The van der Waals surface area contributed by atoms with Crippen LogP contribution in [0.1, 0.15) is 46.3 Å². The summed E-state index contributed by atoms with van der Waals surface area (Å²) in [5.41, 5.74) is 5.05. The fourth-order valence-corrected chi connectivity index (χ4v) is 7.33. The molecule has 0 bridgehead atoms. The van der Waals surface area contributed by atoms with E-state index in [1.807, 2.05) is 36.5 Å². The van der Waals surface area contributed by atoms with Crippen molar-refractivity contribution in [2.75, 3.05) is 37.9 Å². The lowest BCUT2D eigenvalue weighted by Gasteiger charge is -2.39. The zero-order chi connectivity index (χ0) is 39.8. The molecule has 0 aliphatic carbocycles. The van der Waals surface area contributed by atoms with Crippen LogP contribution in [0.2, 0.25) is 0 Å². The normalized spacial score (nSPS) is 15.9. The number of methoxy groups -OCH3 is 1. The summed E-state index contributed by atoms with van der Waals surface area (Å²) in [6.45, 7) is 2.36. The predicted octanol–water partition coefficient (Wildman–Crippen LogP) is 4.16. The molecule has 17 heteroatoms. The number of anilines is 4. The summed E-state index contributed by atoms with van der Waals surface area (Å²) in [5, 5.41) is 11.5. The lowest BCUT2D eigenvalue weighted by Crippen LogP contribution is -2.44. The van der Waals surface area contributed by atoms with Crippen LogP contribution in [-0.4, -0.2) is 78.9 Å². The number of pyridine rings is 2. The van der Waals surface area contributed by atoms with Gasteiger partial charge in [-0.15, -0.1) is 0 Å². The number of hydrogen-bond donors (Lipinski definition) is 4. The number of hydrogen-bond acceptors (Lipinski definition) is 12. The van der Waals surface area contributed by atoms with Crippen molar-refractivity contribution in [3.8, 4) is 17.1 Å². The van der Waals surface area contributed by atoms with Gasteiger partial charge in [0.05, 0.1) is 53.0 Å². The molecule has 6 aromatic rings. The van der Waals surface area contributed by atoms with E-state index < -0.39 is 17.8 Å². The van der Waals surface area contributed by atoms with Crippen LogP contribution >= 0.6 is 0 Å². The molecule has 0 radical (unpaired) electrons. The fraction of sp³-hybridized carbons (Fsp3) is 0.250. The van der Waals surface area contributed by atoms with Crippen molar-refractivity contribution < 1.29 is 23.5 Å². The smallest absolute Gasteiger partial charge is 0.329 e. The molecule has 0 saturated carbocycles. The van der Waals surface area contributed by atoms with Gasteiger partial charge >= 0.3 is 5.69 Å². The Morgan fingerprint density at radius 2 is 1.70 bits per heavy atom. The van der Waals surface area contributed by atoms with Gasteiger partial charge in [-0.2, -0.15) is 0 Å². The number of aryl methyl sites for hydroxylation is 1. The number of ether oxygens (including phenoxy) is 1. The second kappa shape index (κ2) is 15.3. The number of fused-ring (bicyclic) bond motifs is 1. The minimum atomic E-state index is -0.721. The van der Waals surface area contributed by atoms with E-state index in [1.165, 1.54) is 24.9 Å². The number of nitrogens with zero attached hydrogens (tertiary/aromatic N) is 7. The third-order valence-corrected chi connectivity index (χ3v) is 10.3. The Bertz CT molecular complexity index is 2580. The van der Waals surface area contributed by atoms with Crippen LogP contribution in [-0.2, 0) is 23.2 Å². The molecule has 16 nitrogen and oxygen atoms in total. The number of benzene rings is 2. The Labute approximate surface area is 325 Å². The summed E-state index contributed by atoms with van der Waals surface area (Å²) < 4.78 is 22.3. The van der Waals surface area contributed by atoms with Gasteiger partial charge in [0.15, 0.2) is 17.4 Å². The summed E-state index contributed by atoms with van der Waals surface area (Å²) >= 11 is 0. The van der Waals surface area contributed by atoms with Gasteiger partial charge in [0.2, 0.25) is 11.8 Å². The average molecular weight is 772 g/mol. The van der Waals surface area contributed by atoms with Crippen molar-refractivity contribution in [3.63, 3.8) is 0 Å². The van der Waals surface area contributed by atoms with Crippen molar-refractivity contribution in [3.05, 3.63) is 112 Å². The van der Waals surface area contributed by atoms with Gasteiger partial charge in [-0.05, 0) is 47.9 Å². The number of imidazole rings is 1. The first-order valence-corrected chi connectivity index (χ1v) is 18.2.